The number of aromatic nitrogens is 4. The van der Waals surface area contributed by atoms with Gasteiger partial charge in [0.25, 0.3) is 10.0 Å². The smallest absolute Gasteiger partial charge is 0.297 e. The lowest BCUT2D eigenvalue weighted by Crippen LogP contribution is -2.17. The molecule has 0 unspecified atom stereocenters. The highest BCUT2D eigenvalue weighted by Crippen LogP contribution is 2.27. The molecule has 3 rings (SSSR count). The maximum atomic E-state index is 12.8. The summed E-state index contributed by atoms with van der Waals surface area (Å²) in [6.07, 6.45) is 0. The van der Waals surface area contributed by atoms with Crippen molar-refractivity contribution in [2.24, 2.45) is 0 Å². The summed E-state index contributed by atoms with van der Waals surface area (Å²) in [7, 11) is -4.00. The van der Waals surface area contributed by atoms with Gasteiger partial charge in [-0.25, -0.2) is 4.98 Å². The first-order valence-corrected chi connectivity index (χ1v) is 9.74. The van der Waals surface area contributed by atoms with Crippen LogP contribution < -0.4 is 11.1 Å². The lowest BCUT2D eigenvalue weighted by atomic mass is 10.2. The summed E-state index contributed by atoms with van der Waals surface area (Å²) in [6, 6.07) is 6.56. The van der Waals surface area contributed by atoms with E-state index < -0.39 is 10.0 Å². The zero-order chi connectivity index (χ0) is 19.1. The van der Waals surface area contributed by atoms with E-state index in [2.05, 4.69) is 20.4 Å². The van der Waals surface area contributed by atoms with Crippen molar-refractivity contribution in [3.63, 3.8) is 0 Å². The Balaban J connectivity index is 1.96. The second-order valence-corrected chi connectivity index (χ2v) is 8.75. The molecule has 9 nitrogen and oxygen atoms in total. The average Bonchev–Trinajstić information content (AvgIpc) is 3.10. The number of anilines is 3. The van der Waals surface area contributed by atoms with Crippen molar-refractivity contribution in [1.82, 2.24) is 19.2 Å². The van der Waals surface area contributed by atoms with Gasteiger partial charge >= 0.3 is 0 Å². The van der Waals surface area contributed by atoms with E-state index in [0.29, 0.717) is 26.0 Å². The average molecular weight is 410 g/mol. The minimum Gasteiger partial charge on any atom is -0.367 e. The molecule has 0 aliphatic rings. The number of aryl methyl sites for hydroxylation is 2. The number of thiazole rings is 1. The van der Waals surface area contributed by atoms with E-state index in [0.717, 1.165) is 11.3 Å². The third-order valence-electron chi connectivity index (χ3n) is 3.27. The number of nitriles is 1. The Kier molecular flexibility index (Phi) is 4.57. The van der Waals surface area contributed by atoms with Crippen LogP contribution in [0.2, 0.25) is 5.02 Å². The summed E-state index contributed by atoms with van der Waals surface area (Å²) in [5, 5.41) is 16.5. The van der Waals surface area contributed by atoms with Crippen molar-refractivity contribution in [2.45, 2.75) is 18.1 Å². The minimum absolute atomic E-state index is 0.0225. The number of hydrogen-bond acceptors (Lipinski definition) is 9. The zero-order valence-electron chi connectivity index (χ0n) is 13.6. The molecule has 2 heterocycles. The molecule has 26 heavy (non-hydrogen) atoms. The predicted molar refractivity (Wildman–Crippen MR) is 98.1 cm³/mol. The molecule has 0 radical (unpaired) electrons. The fourth-order valence-electron chi connectivity index (χ4n) is 2.18. The van der Waals surface area contributed by atoms with E-state index in [-0.39, 0.29) is 21.1 Å². The molecule has 1 aromatic carbocycles. The number of halogens is 1. The van der Waals surface area contributed by atoms with Gasteiger partial charge in [-0.05, 0) is 32.0 Å². The summed E-state index contributed by atoms with van der Waals surface area (Å²) in [5.74, 6) is -0.316. The Morgan fingerprint density at radius 1 is 1.35 bits per heavy atom. The third-order valence-corrected chi connectivity index (χ3v) is 6.82. The van der Waals surface area contributed by atoms with Gasteiger partial charge in [0.2, 0.25) is 11.9 Å². The molecule has 2 aromatic heterocycles. The highest BCUT2D eigenvalue weighted by atomic mass is 35.5. The van der Waals surface area contributed by atoms with E-state index in [1.807, 2.05) is 6.07 Å². The predicted octanol–water partition coefficient (Wildman–Crippen LogP) is 2.44. The Morgan fingerprint density at radius 2 is 2.08 bits per heavy atom. The highest BCUT2D eigenvalue weighted by Gasteiger charge is 2.27. The lowest BCUT2D eigenvalue weighted by Gasteiger charge is -2.04. The lowest BCUT2D eigenvalue weighted by molar-refractivity contribution is 0.582. The van der Waals surface area contributed by atoms with Crippen LogP contribution >= 0.6 is 22.9 Å². The molecule has 0 fully saturated rings. The topological polar surface area (TPSA) is 140 Å². The summed E-state index contributed by atoms with van der Waals surface area (Å²) >= 11 is 7.00. The van der Waals surface area contributed by atoms with Gasteiger partial charge in [-0.15, -0.1) is 20.5 Å². The van der Waals surface area contributed by atoms with Crippen LogP contribution in [-0.2, 0) is 10.0 Å². The number of benzene rings is 1. The molecule has 3 aromatic rings. The van der Waals surface area contributed by atoms with Crippen molar-refractivity contribution >= 4 is 50.5 Å². The molecule has 0 amide bonds. The van der Waals surface area contributed by atoms with Gasteiger partial charge in [0.1, 0.15) is 6.07 Å². The van der Waals surface area contributed by atoms with Gasteiger partial charge in [0.15, 0.2) is 4.21 Å². The van der Waals surface area contributed by atoms with Gasteiger partial charge in [-0.2, -0.15) is 18.7 Å². The monoisotopic (exact) mass is 409 g/mol. The molecular formula is C14H12ClN7O2S2. The van der Waals surface area contributed by atoms with Crippen molar-refractivity contribution in [2.75, 3.05) is 11.1 Å². The van der Waals surface area contributed by atoms with Crippen LogP contribution in [0, 0.1) is 25.2 Å². The van der Waals surface area contributed by atoms with E-state index in [9.17, 15) is 8.42 Å². The number of nitrogens with zero attached hydrogens (tertiary/aromatic N) is 5. The first-order chi connectivity index (χ1) is 12.2. The fraction of sp³-hybridized carbons (Fsp3) is 0.143. The Labute approximate surface area is 158 Å². The molecule has 0 saturated heterocycles. The maximum absolute atomic E-state index is 12.8. The summed E-state index contributed by atoms with van der Waals surface area (Å²) in [6.45, 7) is 3.31. The van der Waals surface area contributed by atoms with Crippen LogP contribution in [0.15, 0.2) is 22.4 Å². The van der Waals surface area contributed by atoms with E-state index in [1.165, 1.54) is 12.1 Å². The van der Waals surface area contributed by atoms with Crippen molar-refractivity contribution in [1.29, 1.82) is 5.26 Å². The quantitative estimate of drug-likeness (QED) is 0.669. The first-order valence-electron chi connectivity index (χ1n) is 7.11. The molecular weight excluding hydrogens is 398 g/mol. The van der Waals surface area contributed by atoms with Crippen LogP contribution in [0.3, 0.4) is 0 Å². The van der Waals surface area contributed by atoms with Gasteiger partial charge in [0.05, 0.1) is 21.3 Å². The second-order valence-electron chi connectivity index (χ2n) is 5.18. The number of rotatable bonds is 4. The molecule has 0 saturated carbocycles. The first kappa shape index (κ1) is 18.1. The number of nitrogens with one attached hydrogen (secondary N) is 1. The number of hydrogen-bond donors (Lipinski definition) is 2. The molecule has 0 aliphatic heterocycles. The fourth-order valence-corrected chi connectivity index (χ4v) is 5.09. The Morgan fingerprint density at radius 3 is 2.65 bits per heavy atom. The third kappa shape index (κ3) is 3.22. The molecule has 0 atom stereocenters. The maximum Gasteiger partial charge on any atom is 0.297 e. The molecule has 0 aliphatic carbocycles. The van der Waals surface area contributed by atoms with Crippen molar-refractivity contribution in [3.05, 3.63) is 39.5 Å². The van der Waals surface area contributed by atoms with Gasteiger partial charge < -0.3 is 11.1 Å². The van der Waals surface area contributed by atoms with E-state index in [4.69, 9.17) is 22.6 Å². The van der Waals surface area contributed by atoms with Crippen LogP contribution in [0.1, 0.15) is 16.3 Å². The molecule has 3 N–H and O–H groups in total. The van der Waals surface area contributed by atoms with Crippen LogP contribution in [0.25, 0.3) is 0 Å². The standard InChI is InChI=1S/C14H12ClN7O2S2/c1-7-12(25-8(2)18-7)26(23,24)22-13(17)20-14(21-22)19-10-4-3-9(6-16)11(15)5-10/h3-5H,1-2H3,(H3,17,19,20,21). The SMILES string of the molecule is Cc1nc(C)c(S(=O)(=O)n2nc(Nc3ccc(C#N)c(Cl)c3)nc2N)s1. The van der Waals surface area contributed by atoms with Crippen molar-refractivity contribution in [3.8, 4) is 6.07 Å². The van der Waals surface area contributed by atoms with Crippen LogP contribution in [0.4, 0.5) is 17.6 Å². The molecule has 134 valence electrons. The molecule has 0 bridgehead atoms. The Hall–Kier alpha value is -2.68. The number of nitrogen functional groups attached to an aromatic ring is 1. The molecule has 0 spiro atoms. The van der Waals surface area contributed by atoms with Crippen LogP contribution in [0.5, 0.6) is 0 Å². The van der Waals surface area contributed by atoms with Gasteiger partial charge in [-0.1, -0.05) is 11.6 Å². The molecule has 12 heteroatoms. The summed E-state index contributed by atoms with van der Waals surface area (Å²) in [5.41, 5.74) is 6.90. The Bertz CT molecular complexity index is 1140. The normalized spacial score (nSPS) is 11.3. The highest BCUT2D eigenvalue weighted by molar-refractivity contribution is 7.92. The van der Waals surface area contributed by atoms with Crippen LogP contribution in [-0.4, -0.2) is 27.6 Å². The summed E-state index contributed by atoms with van der Waals surface area (Å²) < 4.78 is 26.2. The van der Waals surface area contributed by atoms with Crippen molar-refractivity contribution < 1.29 is 8.42 Å². The zero-order valence-corrected chi connectivity index (χ0v) is 15.9. The summed E-state index contributed by atoms with van der Waals surface area (Å²) in [4.78, 5) is 8.04. The van der Waals surface area contributed by atoms with E-state index >= 15 is 0 Å². The van der Waals surface area contributed by atoms with E-state index in [1.54, 1.807) is 19.9 Å². The number of nitrogens with two attached hydrogens (primary N) is 1. The van der Waals surface area contributed by atoms with Gasteiger partial charge in [0, 0.05) is 5.69 Å². The minimum atomic E-state index is -4.00. The second kappa shape index (κ2) is 6.56. The van der Waals surface area contributed by atoms with Gasteiger partial charge in [-0.3, -0.25) is 0 Å². The largest absolute Gasteiger partial charge is 0.367 e.